The molecule has 0 aliphatic carbocycles. The van der Waals surface area contributed by atoms with Crippen LogP contribution in [0.25, 0.3) is 10.8 Å². The largest absolute Gasteiger partial charge is 0.348 e. The number of carbonyl (C=O) groups excluding carboxylic acids is 1. The van der Waals surface area contributed by atoms with E-state index in [0.29, 0.717) is 5.56 Å². The molecule has 0 aliphatic rings. The van der Waals surface area contributed by atoms with Crippen molar-refractivity contribution in [1.29, 1.82) is 0 Å². The topological polar surface area (TPSA) is 94.0 Å². The highest BCUT2D eigenvalue weighted by Crippen LogP contribution is 2.20. The van der Waals surface area contributed by atoms with Crippen LogP contribution in [0.4, 0.5) is 0 Å². The van der Waals surface area contributed by atoms with Crippen molar-refractivity contribution in [2.75, 3.05) is 0 Å². The molecule has 4 rings (SSSR count). The van der Waals surface area contributed by atoms with Gasteiger partial charge in [-0.15, -0.1) is 0 Å². The number of aryl methyl sites for hydroxylation is 1. The molecule has 0 bridgehead atoms. The minimum absolute atomic E-state index is 0.145. The summed E-state index contributed by atoms with van der Waals surface area (Å²) >= 11 is 0. The number of rotatable bonds is 5. The Balaban J connectivity index is 1.45. The summed E-state index contributed by atoms with van der Waals surface area (Å²) in [4.78, 5) is 16.8. The number of amides is 1. The lowest BCUT2D eigenvalue weighted by molar-refractivity contribution is 0.0951. The van der Waals surface area contributed by atoms with Crippen LogP contribution in [0.1, 0.15) is 15.9 Å². The predicted molar refractivity (Wildman–Crippen MR) is 108 cm³/mol. The smallest absolute Gasteiger partial charge is 0.251 e. The second-order valence-corrected chi connectivity index (χ2v) is 8.57. The van der Waals surface area contributed by atoms with Gasteiger partial charge in [0.1, 0.15) is 4.90 Å². The van der Waals surface area contributed by atoms with Gasteiger partial charge in [-0.05, 0) is 41.3 Å². The Bertz CT molecular complexity index is 1300. The third-order valence-corrected chi connectivity index (χ3v) is 6.31. The molecule has 0 unspecified atom stereocenters. The molecule has 0 radical (unpaired) electrons. The monoisotopic (exact) mass is 406 g/mol. The summed E-state index contributed by atoms with van der Waals surface area (Å²) in [7, 11) is -1.94. The van der Waals surface area contributed by atoms with Crippen LogP contribution in [-0.2, 0) is 23.4 Å². The molecule has 1 N–H and O–H groups in total. The SMILES string of the molecule is Cn1cc(S(=O)(=O)c2ccc(CNC(=O)c3ccc4ccncc4c3)cc2)cn1. The van der Waals surface area contributed by atoms with Crippen molar-refractivity contribution in [2.45, 2.75) is 16.3 Å². The maximum absolute atomic E-state index is 12.6. The summed E-state index contributed by atoms with van der Waals surface area (Å²) in [5, 5.41) is 8.67. The molecular formula is C21H18N4O3S. The summed E-state index contributed by atoms with van der Waals surface area (Å²) in [6.07, 6.45) is 6.21. The zero-order valence-corrected chi connectivity index (χ0v) is 16.4. The Hall–Kier alpha value is -3.52. The average Bonchev–Trinajstić information content (AvgIpc) is 3.19. The second kappa shape index (κ2) is 7.48. The summed E-state index contributed by atoms with van der Waals surface area (Å²) in [6.45, 7) is 0.289. The third kappa shape index (κ3) is 3.88. The molecule has 2 heterocycles. The van der Waals surface area contributed by atoms with Crippen LogP contribution in [-0.4, -0.2) is 29.1 Å². The number of hydrogen-bond donors (Lipinski definition) is 1. The van der Waals surface area contributed by atoms with Crippen LogP contribution < -0.4 is 5.32 Å². The van der Waals surface area contributed by atoms with Crippen LogP contribution in [0, 0.1) is 0 Å². The van der Waals surface area contributed by atoms with Crippen molar-refractivity contribution in [3.8, 4) is 0 Å². The van der Waals surface area contributed by atoms with Crippen molar-refractivity contribution in [1.82, 2.24) is 20.1 Å². The van der Waals surface area contributed by atoms with Gasteiger partial charge < -0.3 is 5.32 Å². The third-order valence-electron chi connectivity index (χ3n) is 4.58. The minimum atomic E-state index is -3.61. The first kappa shape index (κ1) is 18.8. The summed E-state index contributed by atoms with van der Waals surface area (Å²) in [6, 6.07) is 13.8. The lowest BCUT2D eigenvalue weighted by Crippen LogP contribution is -2.22. The fourth-order valence-corrected chi connectivity index (χ4v) is 4.21. The van der Waals surface area contributed by atoms with Gasteiger partial charge in [-0.1, -0.05) is 18.2 Å². The molecule has 0 saturated heterocycles. The van der Waals surface area contributed by atoms with E-state index in [2.05, 4.69) is 15.4 Å². The van der Waals surface area contributed by atoms with Crippen LogP contribution in [0.3, 0.4) is 0 Å². The van der Waals surface area contributed by atoms with Crippen LogP contribution in [0.15, 0.2) is 83.1 Å². The van der Waals surface area contributed by atoms with E-state index < -0.39 is 9.84 Å². The molecule has 0 saturated carbocycles. The molecule has 0 atom stereocenters. The molecule has 2 aromatic carbocycles. The van der Waals surface area contributed by atoms with E-state index in [1.54, 1.807) is 43.7 Å². The average molecular weight is 406 g/mol. The lowest BCUT2D eigenvalue weighted by atomic mass is 10.1. The van der Waals surface area contributed by atoms with Crippen LogP contribution >= 0.6 is 0 Å². The fourth-order valence-electron chi connectivity index (χ4n) is 2.97. The number of pyridine rings is 1. The van der Waals surface area contributed by atoms with Crippen molar-refractivity contribution < 1.29 is 13.2 Å². The highest BCUT2D eigenvalue weighted by Gasteiger charge is 2.19. The molecule has 7 nitrogen and oxygen atoms in total. The Morgan fingerprint density at radius 2 is 1.79 bits per heavy atom. The number of aromatic nitrogens is 3. The van der Waals surface area contributed by atoms with Gasteiger partial charge in [0.2, 0.25) is 9.84 Å². The highest BCUT2D eigenvalue weighted by molar-refractivity contribution is 7.91. The van der Waals surface area contributed by atoms with Crippen molar-refractivity contribution in [3.63, 3.8) is 0 Å². The molecule has 1 amide bonds. The van der Waals surface area contributed by atoms with E-state index in [-0.39, 0.29) is 22.2 Å². The number of nitrogens with one attached hydrogen (secondary N) is 1. The zero-order chi connectivity index (χ0) is 20.4. The number of sulfone groups is 1. The summed E-state index contributed by atoms with van der Waals surface area (Å²) in [5.41, 5.74) is 1.34. The van der Waals surface area contributed by atoms with Crippen molar-refractivity contribution in [3.05, 3.63) is 84.4 Å². The molecule has 2 aromatic heterocycles. The van der Waals surface area contributed by atoms with Gasteiger partial charge in [-0.2, -0.15) is 5.10 Å². The highest BCUT2D eigenvalue weighted by atomic mass is 32.2. The van der Waals surface area contributed by atoms with E-state index in [4.69, 9.17) is 0 Å². The normalized spacial score (nSPS) is 11.5. The van der Waals surface area contributed by atoms with E-state index in [1.807, 2.05) is 12.1 Å². The standard InChI is InChI=1S/C21H18N4O3S/c1-25-14-20(13-24-25)29(27,28)19-6-2-15(3-7-19)11-23-21(26)17-5-4-16-8-9-22-12-18(16)10-17/h2-10,12-14H,11H2,1H3,(H,23,26). The number of hydrogen-bond acceptors (Lipinski definition) is 5. The van der Waals surface area contributed by atoms with E-state index in [9.17, 15) is 13.2 Å². The zero-order valence-electron chi connectivity index (χ0n) is 15.6. The molecule has 8 heteroatoms. The lowest BCUT2D eigenvalue weighted by Gasteiger charge is -2.08. The first-order valence-corrected chi connectivity index (χ1v) is 10.4. The molecule has 0 fully saturated rings. The first-order chi connectivity index (χ1) is 13.9. The number of carbonyl (C=O) groups is 1. The quantitative estimate of drug-likeness (QED) is 0.550. The molecule has 146 valence electrons. The molecule has 4 aromatic rings. The van der Waals surface area contributed by atoms with E-state index >= 15 is 0 Å². The molecule has 0 aliphatic heterocycles. The van der Waals surface area contributed by atoms with Crippen LogP contribution in [0.5, 0.6) is 0 Å². The van der Waals surface area contributed by atoms with Gasteiger partial charge in [0.25, 0.3) is 5.91 Å². The number of benzene rings is 2. The summed E-state index contributed by atoms with van der Waals surface area (Å²) < 4.78 is 26.6. The van der Waals surface area contributed by atoms with Crippen molar-refractivity contribution >= 4 is 26.5 Å². The van der Waals surface area contributed by atoms with Crippen LogP contribution in [0.2, 0.25) is 0 Å². The van der Waals surface area contributed by atoms with Gasteiger partial charge in [-0.3, -0.25) is 14.5 Å². The molecule has 29 heavy (non-hydrogen) atoms. The maximum atomic E-state index is 12.6. The number of fused-ring (bicyclic) bond motifs is 1. The second-order valence-electron chi connectivity index (χ2n) is 6.62. The predicted octanol–water partition coefficient (Wildman–Crippen LogP) is 2.73. The first-order valence-electron chi connectivity index (χ1n) is 8.88. The Kier molecular flexibility index (Phi) is 4.85. The van der Waals surface area contributed by atoms with Gasteiger partial charge in [0, 0.05) is 43.1 Å². The van der Waals surface area contributed by atoms with E-state index in [1.165, 1.54) is 29.2 Å². The van der Waals surface area contributed by atoms with Gasteiger partial charge in [-0.25, -0.2) is 8.42 Å². The minimum Gasteiger partial charge on any atom is -0.348 e. The molecule has 0 spiro atoms. The Morgan fingerprint density at radius 3 is 2.52 bits per heavy atom. The summed E-state index contributed by atoms with van der Waals surface area (Å²) in [5.74, 6) is -0.206. The molecular weight excluding hydrogens is 388 g/mol. The Morgan fingerprint density at radius 1 is 1.00 bits per heavy atom. The Labute approximate surface area is 167 Å². The van der Waals surface area contributed by atoms with E-state index in [0.717, 1.165) is 16.3 Å². The van der Waals surface area contributed by atoms with Gasteiger partial charge in [0.15, 0.2) is 0 Å². The van der Waals surface area contributed by atoms with Crippen molar-refractivity contribution in [2.24, 2.45) is 7.05 Å². The van der Waals surface area contributed by atoms with Gasteiger partial charge in [0.05, 0.1) is 11.1 Å². The number of nitrogens with zero attached hydrogens (tertiary/aromatic N) is 3. The fraction of sp³-hybridized carbons (Fsp3) is 0.0952. The van der Waals surface area contributed by atoms with Gasteiger partial charge >= 0.3 is 0 Å². The maximum Gasteiger partial charge on any atom is 0.251 e.